The first kappa shape index (κ1) is 14.7. The van der Waals surface area contributed by atoms with Crippen molar-refractivity contribution < 1.29 is 4.74 Å². The summed E-state index contributed by atoms with van der Waals surface area (Å²) in [7, 11) is 1.68. The van der Waals surface area contributed by atoms with Crippen LogP contribution in [0.4, 0.5) is 11.8 Å². The van der Waals surface area contributed by atoms with Gasteiger partial charge in [0.1, 0.15) is 11.3 Å². The molecule has 2 aromatic heterocycles. The standard InChI is InChI=1S/C17H20N6O/c1-10-7-12(11-3-5-13(24-2)6-4-11)8-23(10)16-14-15(20-9-19-14)21-17(18)22-16/h3-6,9-10,12H,7-8H2,1-2H3,(H3,18,19,20,21,22). The summed E-state index contributed by atoms with van der Waals surface area (Å²) >= 11 is 0. The zero-order chi connectivity index (χ0) is 16.7. The average Bonchev–Trinajstić information content (AvgIpc) is 3.20. The molecule has 24 heavy (non-hydrogen) atoms. The second-order valence-corrected chi connectivity index (χ2v) is 6.21. The number of benzene rings is 1. The lowest BCUT2D eigenvalue weighted by atomic mass is 9.97. The van der Waals surface area contributed by atoms with Crippen LogP contribution >= 0.6 is 0 Å². The molecular formula is C17H20N6O. The first-order chi connectivity index (χ1) is 11.7. The van der Waals surface area contributed by atoms with E-state index in [0.717, 1.165) is 30.0 Å². The molecule has 1 fully saturated rings. The molecule has 0 bridgehead atoms. The van der Waals surface area contributed by atoms with Crippen molar-refractivity contribution in [2.24, 2.45) is 0 Å². The summed E-state index contributed by atoms with van der Waals surface area (Å²) in [5, 5.41) is 0. The van der Waals surface area contributed by atoms with Crippen LogP contribution in [0.1, 0.15) is 24.8 Å². The highest BCUT2D eigenvalue weighted by Crippen LogP contribution is 2.36. The number of imidazole rings is 1. The van der Waals surface area contributed by atoms with Gasteiger partial charge in [-0.3, -0.25) is 0 Å². The number of H-pyrrole nitrogens is 1. The Labute approximate surface area is 139 Å². The van der Waals surface area contributed by atoms with Gasteiger partial charge < -0.3 is 20.4 Å². The maximum atomic E-state index is 5.86. The Hall–Kier alpha value is -2.83. The smallest absolute Gasteiger partial charge is 0.224 e. The molecule has 7 nitrogen and oxygen atoms in total. The number of anilines is 2. The summed E-state index contributed by atoms with van der Waals surface area (Å²) in [5.41, 5.74) is 8.62. The fourth-order valence-corrected chi connectivity index (χ4v) is 3.49. The molecule has 4 rings (SSSR count). The Morgan fingerprint density at radius 2 is 2.04 bits per heavy atom. The number of nitrogens with one attached hydrogen (secondary N) is 1. The maximum Gasteiger partial charge on any atom is 0.224 e. The molecule has 3 heterocycles. The van der Waals surface area contributed by atoms with E-state index >= 15 is 0 Å². The summed E-state index contributed by atoms with van der Waals surface area (Å²) < 4.78 is 5.24. The molecule has 0 radical (unpaired) electrons. The van der Waals surface area contributed by atoms with E-state index in [-0.39, 0.29) is 5.95 Å². The molecule has 124 valence electrons. The largest absolute Gasteiger partial charge is 0.497 e. The molecule has 3 aromatic rings. The van der Waals surface area contributed by atoms with E-state index in [4.69, 9.17) is 10.5 Å². The Balaban J connectivity index is 1.65. The lowest BCUT2D eigenvalue weighted by Gasteiger charge is -2.23. The van der Waals surface area contributed by atoms with Gasteiger partial charge in [-0.25, -0.2) is 4.98 Å². The third-order valence-corrected chi connectivity index (χ3v) is 4.72. The summed E-state index contributed by atoms with van der Waals surface area (Å²) in [6.45, 7) is 3.10. The monoisotopic (exact) mass is 324 g/mol. The van der Waals surface area contributed by atoms with Crippen LogP contribution in [0.2, 0.25) is 0 Å². The highest BCUT2D eigenvalue weighted by molar-refractivity contribution is 5.84. The molecule has 0 aliphatic carbocycles. The van der Waals surface area contributed by atoms with Crippen LogP contribution in [0.15, 0.2) is 30.6 Å². The SMILES string of the molecule is COc1ccc(C2CC(C)N(c3nc(N)nc4nc[nH]c34)C2)cc1. The molecule has 1 aliphatic rings. The lowest BCUT2D eigenvalue weighted by Crippen LogP contribution is -2.28. The predicted molar refractivity (Wildman–Crippen MR) is 93.3 cm³/mol. The van der Waals surface area contributed by atoms with Crippen molar-refractivity contribution >= 4 is 22.9 Å². The normalized spacial score (nSPS) is 20.7. The quantitative estimate of drug-likeness (QED) is 0.768. The molecular weight excluding hydrogens is 304 g/mol. The zero-order valence-electron chi connectivity index (χ0n) is 13.7. The average molecular weight is 324 g/mol. The summed E-state index contributed by atoms with van der Waals surface area (Å²) in [5.74, 6) is 2.41. The molecule has 1 aliphatic heterocycles. The Morgan fingerprint density at radius 3 is 2.79 bits per heavy atom. The number of nitrogen functional groups attached to an aromatic ring is 1. The van der Waals surface area contributed by atoms with Crippen LogP contribution in [-0.2, 0) is 0 Å². The maximum absolute atomic E-state index is 5.86. The minimum atomic E-state index is 0.254. The number of nitrogens with two attached hydrogens (primary N) is 1. The van der Waals surface area contributed by atoms with Crippen LogP contribution < -0.4 is 15.4 Å². The van der Waals surface area contributed by atoms with Gasteiger partial charge in [-0.05, 0) is 31.0 Å². The van der Waals surface area contributed by atoms with Gasteiger partial charge in [0.2, 0.25) is 5.95 Å². The second kappa shape index (κ2) is 5.67. The molecule has 7 heteroatoms. The first-order valence-electron chi connectivity index (χ1n) is 8.03. The molecule has 3 N–H and O–H groups in total. The van der Waals surface area contributed by atoms with Crippen molar-refractivity contribution in [3.8, 4) is 5.75 Å². The Morgan fingerprint density at radius 1 is 1.25 bits per heavy atom. The summed E-state index contributed by atoms with van der Waals surface area (Å²) in [6.07, 6.45) is 2.69. The van der Waals surface area contributed by atoms with E-state index in [1.54, 1.807) is 13.4 Å². The number of aromatic amines is 1. The van der Waals surface area contributed by atoms with Crippen LogP contribution in [0.5, 0.6) is 5.75 Å². The van der Waals surface area contributed by atoms with E-state index in [0.29, 0.717) is 17.6 Å². The third kappa shape index (κ3) is 2.42. The number of ether oxygens (including phenoxy) is 1. The number of aromatic nitrogens is 4. The minimum absolute atomic E-state index is 0.254. The molecule has 2 atom stereocenters. The van der Waals surface area contributed by atoms with Gasteiger partial charge in [-0.1, -0.05) is 12.1 Å². The van der Waals surface area contributed by atoms with Crippen molar-refractivity contribution in [1.29, 1.82) is 0 Å². The van der Waals surface area contributed by atoms with Crippen molar-refractivity contribution in [2.75, 3.05) is 24.3 Å². The number of hydrogen-bond acceptors (Lipinski definition) is 6. The van der Waals surface area contributed by atoms with Gasteiger partial charge in [0.15, 0.2) is 11.5 Å². The highest BCUT2D eigenvalue weighted by Gasteiger charge is 2.32. The topological polar surface area (TPSA) is 92.9 Å². The van der Waals surface area contributed by atoms with Crippen molar-refractivity contribution in [3.63, 3.8) is 0 Å². The fraction of sp³-hybridized carbons (Fsp3) is 0.353. The zero-order valence-corrected chi connectivity index (χ0v) is 13.7. The molecule has 0 amide bonds. The summed E-state index contributed by atoms with van der Waals surface area (Å²) in [4.78, 5) is 18.3. The summed E-state index contributed by atoms with van der Waals surface area (Å²) in [6, 6.07) is 8.66. The highest BCUT2D eigenvalue weighted by atomic mass is 16.5. The van der Waals surface area contributed by atoms with E-state index in [2.05, 4.69) is 43.9 Å². The lowest BCUT2D eigenvalue weighted by molar-refractivity contribution is 0.414. The van der Waals surface area contributed by atoms with Gasteiger partial charge in [0.05, 0.1) is 13.4 Å². The third-order valence-electron chi connectivity index (χ3n) is 4.72. The van der Waals surface area contributed by atoms with E-state index < -0.39 is 0 Å². The Bertz CT molecular complexity index is 859. The van der Waals surface area contributed by atoms with Gasteiger partial charge >= 0.3 is 0 Å². The molecule has 0 saturated carbocycles. The number of nitrogens with zero attached hydrogens (tertiary/aromatic N) is 4. The van der Waals surface area contributed by atoms with E-state index in [1.165, 1.54) is 5.56 Å². The van der Waals surface area contributed by atoms with Crippen LogP contribution in [0.25, 0.3) is 11.2 Å². The van der Waals surface area contributed by atoms with Crippen LogP contribution in [0.3, 0.4) is 0 Å². The number of methoxy groups -OCH3 is 1. The van der Waals surface area contributed by atoms with Gasteiger partial charge in [0.25, 0.3) is 0 Å². The van der Waals surface area contributed by atoms with Gasteiger partial charge in [0, 0.05) is 18.5 Å². The van der Waals surface area contributed by atoms with Crippen molar-refractivity contribution in [2.45, 2.75) is 25.3 Å². The van der Waals surface area contributed by atoms with E-state index in [1.807, 2.05) is 12.1 Å². The van der Waals surface area contributed by atoms with Crippen molar-refractivity contribution in [1.82, 2.24) is 19.9 Å². The first-order valence-corrected chi connectivity index (χ1v) is 8.03. The van der Waals surface area contributed by atoms with Crippen LogP contribution in [0, 0.1) is 0 Å². The molecule has 1 aromatic carbocycles. The second-order valence-electron chi connectivity index (χ2n) is 6.21. The number of hydrogen-bond donors (Lipinski definition) is 2. The number of fused-ring (bicyclic) bond motifs is 1. The van der Waals surface area contributed by atoms with E-state index in [9.17, 15) is 0 Å². The molecule has 2 unspecified atom stereocenters. The minimum Gasteiger partial charge on any atom is -0.497 e. The van der Waals surface area contributed by atoms with Crippen molar-refractivity contribution in [3.05, 3.63) is 36.2 Å². The van der Waals surface area contributed by atoms with Gasteiger partial charge in [-0.15, -0.1) is 0 Å². The molecule has 1 saturated heterocycles. The Kier molecular flexibility index (Phi) is 3.48. The predicted octanol–water partition coefficient (Wildman–Crippen LogP) is 2.33. The van der Waals surface area contributed by atoms with Gasteiger partial charge in [-0.2, -0.15) is 9.97 Å². The fourth-order valence-electron chi connectivity index (χ4n) is 3.49. The molecule has 0 spiro atoms. The number of rotatable bonds is 3. The van der Waals surface area contributed by atoms with Crippen LogP contribution in [-0.4, -0.2) is 39.6 Å².